The van der Waals surface area contributed by atoms with Gasteiger partial charge in [-0.1, -0.05) is 24.2 Å². The molecule has 1 N–H and O–H groups in total. The van der Waals surface area contributed by atoms with Crippen LogP contribution in [-0.4, -0.2) is 41.6 Å². The fourth-order valence-corrected chi connectivity index (χ4v) is 4.72. The van der Waals surface area contributed by atoms with Crippen LogP contribution in [0.25, 0.3) is 0 Å². The van der Waals surface area contributed by atoms with Gasteiger partial charge >= 0.3 is 0 Å². The van der Waals surface area contributed by atoms with Crippen molar-refractivity contribution in [2.24, 2.45) is 0 Å². The van der Waals surface area contributed by atoms with Crippen molar-refractivity contribution in [2.75, 3.05) is 19.6 Å². The van der Waals surface area contributed by atoms with E-state index in [-0.39, 0.29) is 11.9 Å². The fourth-order valence-electron chi connectivity index (χ4n) is 3.52. The number of rotatable bonds is 7. The lowest BCUT2D eigenvalue weighted by molar-refractivity contribution is 0.0908. The van der Waals surface area contributed by atoms with Gasteiger partial charge < -0.3 is 14.7 Å². The quantitative estimate of drug-likeness (QED) is 0.722. The molecule has 27 heavy (non-hydrogen) atoms. The van der Waals surface area contributed by atoms with Crippen molar-refractivity contribution in [3.05, 3.63) is 46.8 Å². The highest BCUT2D eigenvalue weighted by atomic mass is 32.2. The maximum absolute atomic E-state index is 12.9. The van der Waals surface area contributed by atoms with Crippen LogP contribution < -0.4 is 5.32 Å². The smallest absolute Gasteiger partial charge is 0.252 e. The number of likely N-dealkylation sites (tertiary alicyclic amines) is 1. The molecule has 0 bridgehead atoms. The second kappa shape index (κ2) is 9.42. The molecule has 0 saturated carbocycles. The number of benzene rings is 1. The van der Waals surface area contributed by atoms with E-state index in [1.807, 2.05) is 38.1 Å². The third kappa shape index (κ3) is 5.14. The van der Waals surface area contributed by atoms with Crippen LogP contribution in [0.5, 0.6) is 0 Å². The summed E-state index contributed by atoms with van der Waals surface area (Å²) in [6.07, 6.45) is 3.24. The zero-order chi connectivity index (χ0) is 19.2. The Morgan fingerprint density at radius 2 is 2.04 bits per heavy atom. The number of nitrogens with one attached hydrogen (secondary N) is 1. The minimum absolute atomic E-state index is 0.0332. The third-order valence-electron chi connectivity index (χ3n) is 5.15. The van der Waals surface area contributed by atoms with Gasteiger partial charge in [0.05, 0.1) is 11.3 Å². The summed E-state index contributed by atoms with van der Waals surface area (Å²) in [4.78, 5) is 16.3. The van der Waals surface area contributed by atoms with Crippen molar-refractivity contribution in [2.45, 2.75) is 56.7 Å². The minimum atomic E-state index is 0.0332. The lowest BCUT2D eigenvalue weighted by atomic mass is 10.0. The van der Waals surface area contributed by atoms with Gasteiger partial charge in [-0.25, -0.2) is 0 Å². The molecule has 2 aromatic rings. The van der Waals surface area contributed by atoms with Crippen LogP contribution in [0.4, 0.5) is 0 Å². The van der Waals surface area contributed by atoms with Gasteiger partial charge in [0.1, 0.15) is 5.76 Å². The SMILES string of the molecule is CCCN1CCC(NC(=O)c2ccccc2SCc2c(C)noc2C)CC1. The van der Waals surface area contributed by atoms with Gasteiger partial charge in [-0.3, -0.25) is 4.79 Å². The summed E-state index contributed by atoms with van der Waals surface area (Å²) in [6, 6.07) is 8.11. The van der Waals surface area contributed by atoms with Gasteiger partial charge in [-0.05, 0) is 51.8 Å². The van der Waals surface area contributed by atoms with Crippen LogP contribution in [0.15, 0.2) is 33.7 Å². The molecule has 0 aliphatic carbocycles. The van der Waals surface area contributed by atoms with Crippen LogP contribution in [0.2, 0.25) is 0 Å². The molecule has 6 heteroatoms. The van der Waals surface area contributed by atoms with E-state index in [1.54, 1.807) is 11.8 Å². The normalized spacial score (nSPS) is 15.8. The minimum Gasteiger partial charge on any atom is -0.361 e. The Morgan fingerprint density at radius 1 is 1.30 bits per heavy atom. The summed E-state index contributed by atoms with van der Waals surface area (Å²) in [5.41, 5.74) is 2.78. The number of carbonyl (C=O) groups is 1. The molecule has 1 fully saturated rings. The fraction of sp³-hybridized carbons (Fsp3) is 0.524. The summed E-state index contributed by atoms with van der Waals surface area (Å²) in [5, 5.41) is 7.26. The van der Waals surface area contributed by atoms with E-state index in [0.29, 0.717) is 0 Å². The molecule has 0 radical (unpaired) electrons. The Balaban J connectivity index is 1.61. The van der Waals surface area contributed by atoms with E-state index in [1.165, 1.54) is 6.42 Å². The lowest BCUT2D eigenvalue weighted by Crippen LogP contribution is -2.44. The van der Waals surface area contributed by atoms with E-state index in [2.05, 4.69) is 22.3 Å². The molecule has 1 aliphatic heterocycles. The van der Waals surface area contributed by atoms with Crippen molar-refractivity contribution in [3.63, 3.8) is 0 Å². The summed E-state index contributed by atoms with van der Waals surface area (Å²) in [5.74, 6) is 1.63. The maximum Gasteiger partial charge on any atom is 0.252 e. The van der Waals surface area contributed by atoms with Crippen molar-refractivity contribution in [3.8, 4) is 0 Å². The number of thioether (sulfide) groups is 1. The van der Waals surface area contributed by atoms with Crippen LogP contribution in [0, 0.1) is 13.8 Å². The Morgan fingerprint density at radius 3 is 2.70 bits per heavy atom. The van der Waals surface area contributed by atoms with E-state index >= 15 is 0 Å². The van der Waals surface area contributed by atoms with Gasteiger partial charge in [0.15, 0.2) is 0 Å². The Hall–Kier alpha value is -1.79. The number of carbonyl (C=O) groups excluding carboxylic acids is 1. The molecular formula is C21H29N3O2S. The van der Waals surface area contributed by atoms with Gasteiger partial charge in [0.25, 0.3) is 5.91 Å². The lowest BCUT2D eigenvalue weighted by Gasteiger charge is -2.32. The molecule has 1 aliphatic rings. The number of aryl methyl sites for hydroxylation is 2. The predicted molar refractivity (Wildman–Crippen MR) is 109 cm³/mol. The van der Waals surface area contributed by atoms with E-state index in [0.717, 1.165) is 65.7 Å². The Labute approximate surface area is 165 Å². The molecule has 0 unspecified atom stereocenters. The monoisotopic (exact) mass is 387 g/mol. The van der Waals surface area contributed by atoms with Gasteiger partial charge in [0, 0.05) is 35.3 Å². The first-order valence-corrected chi connectivity index (χ1v) is 10.7. The molecule has 1 aromatic carbocycles. The summed E-state index contributed by atoms with van der Waals surface area (Å²) in [7, 11) is 0. The molecule has 1 saturated heterocycles. The number of nitrogens with zero attached hydrogens (tertiary/aromatic N) is 2. The summed E-state index contributed by atoms with van der Waals surface area (Å²) >= 11 is 1.66. The summed E-state index contributed by atoms with van der Waals surface area (Å²) < 4.78 is 5.24. The van der Waals surface area contributed by atoms with Crippen molar-refractivity contribution < 1.29 is 9.32 Å². The number of hydrogen-bond donors (Lipinski definition) is 1. The molecule has 1 aromatic heterocycles. The largest absolute Gasteiger partial charge is 0.361 e. The second-order valence-electron chi connectivity index (χ2n) is 7.18. The highest BCUT2D eigenvalue weighted by Gasteiger charge is 2.22. The van der Waals surface area contributed by atoms with Gasteiger partial charge in [-0.2, -0.15) is 0 Å². The maximum atomic E-state index is 12.9. The molecule has 3 rings (SSSR count). The van der Waals surface area contributed by atoms with Gasteiger partial charge in [0.2, 0.25) is 0 Å². The number of aromatic nitrogens is 1. The summed E-state index contributed by atoms with van der Waals surface area (Å²) in [6.45, 7) is 9.39. The predicted octanol–water partition coefficient (Wildman–Crippen LogP) is 4.19. The molecule has 1 amide bonds. The zero-order valence-electron chi connectivity index (χ0n) is 16.5. The number of hydrogen-bond acceptors (Lipinski definition) is 5. The van der Waals surface area contributed by atoms with Gasteiger partial charge in [-0.15, -0.1) is 11.8 Å². The van der Waals surface area contributed by atoms with Crippen LogP contribution in [-0.2, 0) is 5.75 Å². The van der Waals surface area contributed by atoms with E-state index in [4.69, 9.17) is 4.52 Å². The highest BCUT2D eigenvalue weighted by Crippen LogP contribution is 2.29. The van der Waals surface area contributed by atoms with Crippen molar-refractivity contribution in [1.82, 2.24) is 15.4 Å². The van der Waals surface area contributed by atoms with E-state index in [9.17, 15) is 4.79 Å². The Kier molecular flexibility index (Phi) is 6.96. The molecule has 2 heterocycles. The first-order chi connectivity index (χ1) is 13.1. The van der Waals surface area contributed by atoms with Crippen molar-refractivity contribution >= 4 is 17.7 Å². The molecule has 5 nitrogen and oxygen atoms in total. The highest BCUT2D eigenvalue weighted by molar-refractivity contribution is 7.98. The standard InChI is InChI=1S/C21H29N3O2S/c1-4-11-24-12-9-17(10-13-24)22-21(25)18-7-5-6-8-20(18)27-14-19-15(2)23-26-16(19)3/h5-8,17H,4,9-14H2,1-3H3,(H,22,25). The average Bonchev–Trinajstić information content (AvgIpc) is 3.00. The van der Waals surface area contributed by atoms with Crippen LogP contribution >= 0.6 is 11.8 Å². The number of amides is 1. The molecule has 0 spiro atoms. The molecular weight excluding hydrogens is 358 g/mol. The molecule has 146 valence electrons. The first-order valence-electron chi connectivity index (χ1n) is 9.75. The van der Waals surface area contributed by atoms with Crippen molar-refractivity contribution in [1.29, 1.82) is 0 Å². The average molecular weight is 388 g/mol. The van der Waals surface area contributed by atoms with Crippen LogP contribution in [0.1, 0.15) is 53.6 Å². The third-order valence-corrected chi connectivity index (χ3v) is 6.25. The second-order valence-corrected chi connectivity index (χ2v) is 8.19. The Bertz CT molecular complexity index is 747. The molecule has 0 atom stereocenters. The topological polar surface area (TPSA) is 58.4 Å². The van der Waals surface area contributed by atoms with E-state index < -0.39 is 0 Å². The number of piperidine rings is 1. The first kappa shape index (κ1) is 20.0. The van der Waals surface area contributed by atoms with Crippen LogP contribution in [0.3, 0.4) is 0 Å². The zero-order valence-corrected chi connectivity index (χ0v) is 17.3.